The van der Waals surface area contributed by atoms with Crippen molar-refractivity contribution in [2.45, 2.75) is 32.9 Å². The third-order valence-corrected chi connectivity index (χ3v) is 3.53. The van der Waals surface area contributed by atoms with Gasteiger partial charge in [0.15, 0.2) is 0 Å². The fourth-order valence-electron chi connectivity index (χ4n) is 1.54. The molecule has 0 radical (unpaired) electrons. The Hall–Kier alpha value is -0.460. The van der Waals surface area contributed by atoms with Crippen molar-refractivity contribution in [2.75, 3.05) is 0 Å². The number of carboxylic acid groups (broad SMARTS) is 1. The van der Waals surface area contributed by atoms with Crippen LogP contribution in [-0.4, -0.2) is 22.1 Å². The molecule has 18 heavy (non-hydrogen) atoms. The minimum absolute atomic E-state index is 0.333. The summed E-state index contributed by atoms with van der Waals surface area (Å²) in [4.78, 5) is 15.3. The van der Waals surface area contributed by atoms with Crippen LogP contribution in [0.15, 0.2) is 21.2 Å². The molecule has 2 N–H and O–H groups in total. The quantitative estimate of drug-likeness (QED) is 0.796. The SMILES string of the molecule is CC(C)CC(NCc1ncc(Br)cc1Br)C(=O)O. The van der Waals surface area contributed by atoms with Crippen molar-refractivity contribution in [1.82, 2.24) is 10.3 Å². The smallest absolute Gasteiger partial charge is 0.320 e. The average molecular weight is 380 g/mol. The summed E-state index contributed by atoms with van der Waals surface area (Å²) in [5, 5.41) is 12.1. The number of hydrogen-bond donors (Lipinski definition) is 2. The van der Waals surface area contributed by atoms with Crippen molar-refractivity contribution in [2.24, 2.45) is 5.92 Å². The van der Waals surface area contributed by atoms with Gasteiger partial charge in [0.05, 0.1) is 5.69 Å². The average Bonchev–Trinajstić information content (AvgIpc) is 2.25. The van der Waals surface area contributed by atoms with Gasteiger partial charge in [0.1, 0.15) is 6.04 Å². The highest BCUT2D eigenvalue weighted by atomic mass is 79.9. The molecule has 0 aliphatic carbocycles. The second-order valence-electron chi connectivity index (χ2n) is 4.48. The van der Waals surface area contributed by atoms with Crippen LogP contribution in [0.3, 0.4) is 0 Å². The number of hydrogen-bond acceptors (Lipinski definition) is 3. The molecular formula is C12H16Br2N2O2. The molecule has 4 nitrogen and oxygen atoms in total. The molecule has 100 valence electrons. The van der Waals surface area contributed by atoms with Gasteiger partial charge >= 0.3 is 5.97 Å². The van der Waals surface area contributed by atoms with Crippen LogP contribution >= 0.6 is 31.9 Å². The molecule has 1 heterocycles. The first-order valence-electron chi connectivity index (χ1n) is 5.66. The molecule has 0 aromatic carbocycles. The molecule has 0 aliphatic rings. The van der Waals surface area contributed by atoms with E-state index in [9.17, 15) is 4.79 Å². The van der Waals surface area contributed by atoms with E-state index in [2.05, 4.69) is 42.2 Å². The Morgan fingerprint density at radius 1 is 1.50 bits per heavy atom. The van der Waals surface area contributed by atoms with Crippen molar-refractivity contribution in [1.29, 1.82) is 0 Å². The molecule has 1 aromatic rings. The minimum atomic E-state index is -0.822. The minimum Gasteiger partial charge on any atom is -0.480 e. The largest absolute Gasteiger partial charge is 0.480 e. The molecule has 0 bridgehead atoms. The Labute approximate surface area is 123 Å². The number of aromatic nitrogens is 1. The molecule has 0 aliphatic heterocycles. The zero-order chi connectivity index (χ0) is 13.7. The molecule has 1 aromatic heterocycles. The van der Waals surface area contributed by atoms with Crippen LogP contribution in [0.5, 0.6) is 0 Å². The summed E-state index contributed by atoms with van der Waals surface area (Å²) in [6.45, 7) is 4.44. The highest BCUT2D eigenvalue weighted by molar-refractivity contribution is 9.11. The molecule has 1 unspecified atom stereocenters. The van der Waals surface area contributed by atoms with E-state index in [4.69, 9.17) is 5.11 Å². The summed E-state index contributed by atoms with van der Waals surface area (Å²) >= 11 is 6.73. The zero-order valence-corrected chi connectivity index (χ0v) is 13.5. The van der Waals surface area contributed by atoms with Crippen LogP contribution in [0.1, 0.15) is 26.0 Å². The van der Waals surface area contributed by atoms with Gasteiger partial charge in [-0.2, -0.15) is 0 Å². The van der Waals surface area contributed by atoms with E-state index < -0.39 is 12.0 Å². The molecule has 0 saturated heterocycles. The number of carboxylic acids is 1. The van der Waals surface area contributed by atoms with Gasteiger partial charge in [0, 0.05) is 21.7 Å². The molecule has 1 rings (SSSR count). The number of nitrogens with zero attached hydrogens (tertiary/aromatic N) is 1. The van der Waals surface area contributed by atoms with E-state index in [-0.39, 0.29) is 0 Å². The standard InChI is InChI=1S/C12H16Br2N2O2/c1-7(2)3-10(12(17)18)16-6-11-9(14)4-8(13)5-15-11/h4-5,7,10,16H,3,6H2,1-2H3,(H,17,18). The zero-order valence-electron chi connectivity index (χ0n) is 10.3. The van der Waals surface area contributed by atoms with E-state index in [0.717, 1.165) is 14.6 Å². The number of nitrogens with one attached hydrogen (secondary N) is 1. The van der Waals surface area contributed by atoms with Crippen molar-refractivity contribution in [3.05, 3.63) is 26.9 Å². The Bertz CT molecular complexity index is 425. The third kappa shape index (κ3) is 5.04. The summed E-state index contributed by atoms with van der Waals surface area (Å²) in [7, 11) is 0. The normalized spacial score (nSPS) is 12.7. The van der Waals surface area contributed by atoms with Crippen LogP contribution < -0.4 is 5.32 Å². The number of rotatable bonds is 6. The van der Waals surface area contributed by atoms with Crippen molar-refractivity contribution in [3.8, 4) is 0 Å². The summed E-state index contributed by atoms with van der Waals surface area (Å²) in [5.41, 5.74) is 0.799. The van der Waals surface area contributed by atoms with Gasteiger partial charge in [-0.05, 0) is 50.3 Å². The van der Waals surface area contributed by atoms with E-state index in [0.29, 0.717) is 18.9 Å². The molecule has 0 saturated carbocycles. The molecular weight excluding hydrogens is 364 g/mol. The first-order chi connectivity index (χ1) is 8.40. The molecule has 0 amide bonds. The predicted molar refractivity (Wildman–Crippen MR) is 77.4 cm³/mol. The Balaban J connectivity index is 2.64. The monoisotopic (exact) mass is 378 g/mol. The fraction of sp³-hybridized carbons (Fsp3) is 0.500. The van der Waals surface area contributed by atoms with Crippen molar-refractivity contribution < 1.29 is 9.90 Å². The van der Waals surface area contributed by atoms with Crippen LogP contribution in [0.2, 0.25) is 0 Å². The highest BCUT2D eigenvalue weighted by Crippen LogP contribution is 2.19. The van der Waals surface area contributed by atoms with Gasteiger partial charge in [-0.3, -0.25) is 15.1 Å². The highest BCUT2D eigenvalue weighted by Gasteiger charge is 2.18. The Morgan fingerprint density at radius 2 is 2.17 bits per heavy atom. The fourth-order valence-corrected chi connectivity index (χ4v) is 2.66. The van der Waals surface area contributed by atoms with E-state index in [1.807, 2.05) is 19.9 Å². The van der Waals surface area contributed by atoms with Gasteiger partial charge in [-0.25, -0.2) is 0 Å². The van der Waals surface area contributed by atoms with Crippen molar-refractivity contribution >= 4 is 37.8 Å². The maximum Gasteiger partial charge on any atom is 0.320 e. The number of carbonyl (C=O) groups is 1. The summed E-state index contributed by atoms with van der Waals surface area (Å²) in [6, 6.07) is 1.35. The Kier molecular flexibility index (Phi) is 6.25. The molecule has 6 heteroatoms. The Morgan fingerprint density at radius 3 is 2.67 bits per heavy atom. The predicted octanol–water partition coefficient (Wildman–Crippen LogP) is 3.20. The lowest BCUT2D eigenvalue weighted by atomic mass is 10.0. The number of halogens is 2. The van der Waals surface area contributed by atoms with Crippen LogP contribution in [0.4, 0.5) is 0 Å². The number of aliphatic carboxylic acids is 1. The number of pyridine rings is 1. The van der Waals surface area contributed by atoms with Gasteiger partial charge < -0.3 is 5.11 Å². The van der Waals surface area contributed by atoms with Crippen molar-refractivity contribution in [3.63, 3.8) is 0 Å². The maximum atomic E-state index is 11.1. The van der Waals surface area contributed by atoms with Crippen LogP contribution in [-0.2, 0) is 11.3 Å². The van der Waals surface area contributed by atoms with Gasteiger partial charge in [-0.1, -0.05) is 13.8 Å². The molecule has 0 spiro atoms. The summed E-state index contributed by atoms with van der Waals surface area (Å²) in [6.07, 6.45) is 2.30. The van der Waals surface area contributed by atoms with Gasteiger partial charge in [0.2, 0.25) is 0 Å². The maximum absolute atomic E-state index is 11.1. The molecule has 0 fully saturated rings. The second-order valence-corrected chi connectivity index (χ2v) is 6.25. The third-order valence-electron chi connectivity index (χ3n) is 2.41. The summed E-state index contributed by atoms with van der Waals surface area (Å²) in [5.74, 6) is -0.489. The topological polar surface area (TPSA) is 62.2 Å². The van der Waals surface area contributed by atoms with E-state index in [1.165, 1.54) is 0 Å². The van der Waals surface area contributed by atoms with E-state index in [1.54, 1.807) is 6.20 Å². The van der Waals surface area contributed by atoms with E-state index >= 15 is 0 Å². The lowest BCUT2D eigenvalue weighted by Crippen LogP contribution is -2.37. The lowest BCUT2D eigenvalue weighted by Gasteiger charge is -2.16. The van der Waals surface area contributed by atoms with Crippen LogP contribution in [0, 0.1) is 5.92 Å². The first-order valence-corrected chi connectivity index (χ1v) is 7.25. The van der Waals surface area contributed by atoms with Gasteiger partial charge in [-0.15, -0.1) is 0 Å². The van der Waals surface area contributed by atoms with Gasteiger partial charge in [0.25, 0.3) is 0 Å². The summed E-state index contributed by atoms with van der Waals surface area (Å²) < 4.78 is 1.74. The first kappa shape index (κ1) is 15.6. The lowest BCUT2D eigenvalue weighted by molar-refractivity contribution is -0.140. The second kappa shape index (κ2) is 7.21. The molecule has 1 atom stereocenters. The van der Waals surface area contributed by atoms with Crippen LogP contribution in [0.25, 0.3) is 0 Å².